The fraction of sp³-hybridized carbons (Fsp3) is 0.438. The molecule has 0 saturated carbocycles. The molecule has 0 spiro atoms. The number of nitrogens with zero attached hydrogens (tertiary/aromatic N) is 3. The molecule has 10 nitrogen and oxygen atoms in total. The molecule has 0 fully saturated rings. The van der Waals surface area contributed by atoms with Gasteiger partial charge >= 0.3 is 0 Å². The first-order valence-corrected chi connectivity index (χ1v) is 10.7. The lowest BCUT2D eigenvalue weighted by atomic mass is 9.83. The number of unbranched alkanes of at least 4 members (excludes halogenated alkanes) is 1. The zero-order valence-corrected chi connectivity index (χ0v) is 16.1. The second-order valence-electron chi connectivity index (χ2n) is 6.49. The molecule has 1 aliphatic rings. The van der Waals surface area contributed by atoms with E-state index in [9.17, 15) is 13.8 Å². The maximum absolute atomic E-state index is 13.4. The average Bonchev–Trinajstić information content (AvgIpc) is 3.08. The highest BCUT2D eigenvalue weighted by Crippen LogP contribution is 2.36. The monoisotopic (exact) mass is 411 g/mol. The summed E-state index contributed by atoms with van der Waals surface area (Å²) in [6.07, 6.45) is 3.40. The topological polar surface area (TPSA) is 149 Å². The van der Waals surface area contributed by atoms with Gasteiger partial charge in [-0.25, -0.2) is 22.7 Å². The van der Waals surface area contributed by atoms with Gasteiger partial charge in [-0.1, -0.05) is 6.07 Å². The third-order valence-electron chi connectivity index (χ3n) is 4.26. The number of benzene rings is 1. The third-order valence-corrected chi connectivity index (χ3v) is 5.01. The molecule has 152 valence electrons. The van der Waals surface area contributed by atoms with Crippen molar-refractivity contribution in [3.8, 4) is 0 Å². The molecule has 0 radical (unpaired) electrons. The number of hydrogen-bond donors (Lipinski definition) is 5. The number of halogens is 1. The summed E-state index contributed by atoms with van der Waals surface area (Å²) in [5, 5.41) is 20.0. The van der Waals surface area contributed by atoms with Crippen molar-refractivity contribution in [3.05, 3.63) is 40.8 Å². The first-order chi connectivity index (χ1) is 13.4. The summed E-state index contributed by atoms with van der Waals surface area (Å²) in [6.45, 7) is 0.995. The minimum atomic E-state index is -2.69. The van der Waals surface area contributed by atoms with Crippen LogP contribution in [0.3, 0.4) is 0 Å². The molecule has 0 bridgehead atoms. The van der Waals surface area contributed by atoms with Crippen molar-refractivity contribution in [2.24, 2.45) is 4.99 Å². The van der Waals surface area contributed by atoms with Crippen molar-refractivity contribution in [1.82, 2.24) is 20.5 Å². The Balaban J connectivity index is 1.58. The summed E-state index contributed by atoms with van der Waals surface area (Å²) in [5.41, 5.74) is 4.01. The van der Waals surface area contributed by atoms with E-state index in [0.717, 1.165) is 17.5 Å². The second kappa shape index (κ2) is 8.63. The van der Waals surface area contributed by atoms with Gasteiger partial charge in [0.15, 0.2) is 11.5 Å². The zero-order valence-electron chi connectivity index (χ0n) is 15.2. The number of rotatable bonds is 9. The van der Waals surface area contributed by atoms with Crippen LogP contribution in [0.2, 0.25) is 0 Å². The standard InChI is InChI=1S/C16H22FN7O3S/c1-28(18,26)20-7-3-2-6-19-15-14(23-27-24-15)16(22-25)21-13-8-10-4-5-11(17)9-12(10)13/h4-5,9,13,25H,2-3,6-8H2,1H3,(H,19,24)(H,21,22)(H2,18,20,26)/t13-,28?/m0/s1. The van der Waals surface area contributed by atoms with Crippen molar-refractivity contribution < 1.29 is 18.4 Å². The van der Waals surface area contributed by atoms with E-state index in [0.29, 0.717) is 31.7 Å². The molecule has 1 aromatic carbocycles. The van der Waals surface area contributed by atoms with E-state index in [1.807, 2.05) is 5.48 Å². The zero-order chi connectivity index (χ0) is 20.1. The number of anilines is 1. The minimum Gasteiger partial charge on any atom is -0.365 e. The van der Waals surface area contributed by atoms with Crippen LogP contribution in [0.4, 0.5) is 10.2 Å². The lowest BCUT2D eigenvalue weighted by Gasteiger charge is -2.27. The van der Waals surface area contributed by atoms with E-state index in [2.05, 4.69) is 25.3 Å². The molecule has 1 unspecified atom stereocenters. The molecule has 0 amide bonds. The Labute approximate surface area is 161 Å². The summed E-state index contributed by atoms with van der Waals surface area (Å²) in [7, 11) is -2.69. The Morgan fingerprint density at radius 3 is 2.96 bits per heavy atom. The van der Waals surface area contributed by atoms with E-state index < -0.39 is 9.92 Å². The lowest BCUT2D eigenvalue weighted by Crippen LogP contribution is -2.26. The van der Waals surface area contributed by atoms with Crippen LogP contribution in [-0.2, 0) is 16.3 Å². The van der Waals surface area contributed by atoms with Gasteiger partial charge in [-0.3, -0.25) is 15.7 Å². The van der Waals surface area contributed by atoms with Gasteiger partial charge in [0.25, 0.3) is 0 Å². The second-order valence-corrected chi connectivity index (χ2v) is 8.46. The summed E-state index contributed by atoms with van der Waals surface area (Å²) in [5.74, 6) is 0.0542. The number of aromatic nitrogens is 2. The van der Waals surface area contributed by atoms with Crippen LogP contribution in [0.5, 0.6) is 0 Å². The van der Waals surface area contributed by atoms with Crippen LogP contribution in [0.25, 0.3) is 0 Å². The van der Waals surface area contributed by atoms with Crippen LogP contribution < -0.4 is 15.5 Å². The van der Waals surface area contributed by atoms with E-state index in [1.165, 1.54) is 18.4 Å². The average molecular weight is 411 g/mol. The molecular formula is C16H22FN7O3S. The number of fused-ring (bicyclic) bond motifs is 1. The van der Waals surface area contributed by atoms with E-state index >= 15 is 0 Å². The third kappa shape index (κ3) is 5.03. The van der Waals surface area contributed by atoms with E-state index in [1.54, 1.807) is 6.07 Å². The molecule has 2 atom stereocenters. The Kier molecular flexibility index (Phi) is 6.21. The van der Waals surface area contributed by atoms with Gasteiger partial charge in [0, 0.05) is 19.3 Å². The molecule has 5 N–H and O–H groups in total. The summed E-state index contributed by atoms with van der Waals surface area (Å²) >= 11 is 0. The lowest BCUT2D eigenvalue weighted by molar-refractivity contribution is 0.232. The first-order valence-electron chi connectivity index (χ1n) is 8.69. The predicted molar refractivity (Wildman–Crippen MR) is 101 cm³/mol. The highest BCUT2D eigenvalue weighted by molar-refractivity contribution is 7.89. The number of nitrogens with one attached hydrogen (secondary N) is 4. The van der Waals surface area contributed by atoms with Gasteiger partial charge in [0.05, 0.1) is 6.04 Å². The minimum absolute atomic E-state index is 0.0743. The van der Waals surface area contributed by atoms with Gasteiger partial charge in [0.1, 0.15) is 15.7 Å². The summed E-state index contributed by atoms with van der Waals surface area (Å²) in [4.78, 5) is 4.39. The number of hydrogen-bond acceptors (Lipinski definition) is 8. The van der Waals surface area contributed by atoms with Crippen LogP contribution in [0.1, 0.15) is 35.7 Å². The Bertz CT molecular complexity index is 961. The molecule has 0 aliphatic heterocycles. The summed E-state index contributed by atoms with van der Waals surface area (Å²) < 4.78 is 39.3. The van der Waals surface area contributed by atoms with Crippen molar-refractivity contribution >= 4 is 21.6 Å². The van der Waals surface area contributed by atoms with Crippen molar-refractivity contribution in [1.29, 1.82) is 4.78 Å². The Morgan fingerprint density at radius 1 is 1.43 bits per heavy atom. The van der Waals surface area contributed by atoms with Crippen molar-refractivity contribution in [2.75, 3.05) is 24.7 Å². The number of aliphatic imine (C=N–C) groups is 1. The fourth-order valence-electron chi connectivity index (χ4n) is 2.85. The molecule has 0 saturated heterocycles. The van der Waals surface area contributed by atoms with Crippen LogP contribution in [0, 0.1) is 10.6 Å². The highest BCUT2D eigenvalue weighted by atomic mass is 32.2. The Hall–Kier alpha value is -2.57. The SMILES string of the molecule is CS(=N)(=O)NCCCCNc1nonc1C(=N[C@H]1Cc2ccc(F)cc21)NO. The molecule has 12 heteroatoms. The molecule has 1 heterocycles. The molecule has 1 aromatic heterocycles. The van der Waals surface area contributed by atoms with E-state index in [4.69, 9.17) is 9.41 Å². The van der Waals surface area contributed by atoms with E-state index in [-0.39, 0.29) is 23.4 Å². The Morgan fingerprint density at radius 2 is 2.21 bits per heavy atom. The van der Waals surface area contributed by atoms with Gasteiger partial charge in [-0.05, 0) is 52.8 Å². The molecule has 1 aliphatic carbocycles. The molecule has 3 rings (SSSR count). The maximum atomic E-state index is 13.4. The van der Waals surface area contributed by atoms with Crippen LogP contribution in [0.15, 0.2) is 27.8 Å². The molecule has 28 heavy (non-hydrogen) atoms. The smallest absolute Gasteiger partial charge is 0.202 e. The summed E-state index contributed by atoms with van der Waals surface area (Å²) in [6, 6.07) is 4.28. The highest BCUT2D eigenvalue weighted by Gasteiger charge is 2.28. The van der Waals surface area contributed by atoms with Crippen LogP contribution >= 0.6 is 0 Å². The molecular weight excluding hydrogens is 389 g/mol. The first kappa shape index (κ1) is 20.2. The van der Waals surface area contributed by atoms with Gasteiger partial charge in [0.2, 0.25) is 5.82 Å². The van der Waals surface area contributed by atoms with Crippen LogP contribution in [-0.4, -0.2) is 44.9 Å². The maximum Gasteiger partial charge on any atom is 0.202 e. The van der Waals surface area contributed by atoms with Gasteiger partial charge < -0.3 is 5.32 Å². The predicted octanol–water partition coefficient (Wildman–Crippen LogP) is 1.60. The van der Waals surface area contributed by atoms with Crippen molar-refractivity contribution in [2.45, 2.75) is 25.3 Å². The number of amidine groups is 1. The molecule has 2 aromatic rings. The van der Waals surface area contributed by atoms with Crippen molar-refractivity contribution in [3.63, 3.8) is 0 Å². The van der Waals surface area contributed by atoms with Gasteiger partial charge in [-0.2, -0.15) is 0 Å². The largest absolute Gasteiger partial charge is 0.365 e. The normalized spacial score (nSPS) is 18.1. The quantitative estimate of drug-likeness (QED) is 0.182. The number of hydroxylamine groups is 1. The fourth-order valence-corrected chi connectivity index (χ4v) is 3.38. The van der Waals surface area contributed by atoms with Gasteiger partial charge in [-0.15, -0.1) is 0 Å².